The smallest absolute Gasteiger partial charge is 0.381 e. The summed E-state index contributed by atoms with van der Waals surface area (Å²) < 4.78 is 4.78. The molecule has 2 heterocycles. The van der Waals surface area contributed by atoms with Gasteiger partial charge in [-0.25, -0.2) is 0 Å². The van der Waals surface area contributed by atoms with Gasteiger partial charge in [0.05, 0.1) is 6.20 Å². The minimum absolute atomic E-state index is 0.372. The fraction of sp³-hybridized carbons (Fsp3) is 0. The van der Waals surface area contributed by atoms with E-state index in [2.05, 4.69) is 9.97 Å². The van der Waals surface area contributed by atoms with Crippen LogP contribution in [0.25, 0.3) is 11.1 Å². The third kappa shape index (κ3) is 0.895. The molecule has 2 aromatic rings. The zero-order valence-electron chi connectivity index (χ0n) is 5.80. The van der Waals surface area contributed by atoms with Crippen LogP contribution in [-0.4, -0.2) is 14.9 Å². The molecule has 0 aliphatic rings. The SMILES string of the molecule is O=[N+]([O-])c1nc2cnccc2o1. The quantitative estimate of drug-likeness (QED) is 0.467. The summed E-state index contributed by atoms with van der Waals surface area (Å²) in [6.07, 6.45) is 2.89. The van der Waals surface area contributed by atoms with Gasteiger partial charge in [0.25, 0.3) is 0 Å². The third-order valence-corrected chi connectivity index (χ3v) is 1.33. The van der Waals surface area contributed by atoms with Gasteiger partial charge < -0.3 is 14.5 Å². The topological polar surface area (TPSA) is 82.1 Å². The van der Waals surface area contributed by atoms with Crippen molar-refractivity contribution in [3.63, 3.8) is 0 Å². The minimum Gasteiger partial charge on any atom is -0.381 e. The van der Waals surface area contributed by atoms with Crippen LogP contribution in [0.15, 0.2) is 22.9 Å². The molecule has 0 bridgehead atoms. The van der Waals surface area contributed by atoms with E-state index in [1.165, 1.54) is 18.5 Å². The molecule has 0 unspecified atom stereocenters. The van der Waals surface area contributed by atoms with Gasteiger partial charge in [-0.05, 0) is 0 Å². The molecule has 12 heavy (non-hydrogen) atoms. The van der Waals surface area contributed by atoms with Crippen molar-refractivity contribution >= 4 is 17.1 Å². The van der Waals surface area contributed by atoms with Gasteiger partial charge >= 0.3 is 6.01 Å². The lowest BCUT2D eigenvalue weighted by molar-refractivity contribution is -0.406. The number of nitrogens with zero attached hydrogens (tertiary/aromatic N) is 3. The summed E-state index contributed by atoms with van der Waals surface area (Å²) in [6, 6.07) is 1.02. The van der Waals surface area contributed by atoms with Crippen LogP contribution in [-0.2, 0) is 0 Å². The van der Waals surface area contributed by atoms with Crippen LogP contribution >= 0.6 is 0 Å². The number of nitro groups is 1. The molecular weight excluding hydrogens is 162 g/mol. The van der Waals surface area contributed by atoms with Crippen molar-refractivity contribution in [2.24, 2.45) is 0 Å². The first kappa shape index (κ1) is 6.71. The molecule has 0 amide bonds. The molecule has 0 fully saturated rings. The molecular formula is C6H3N3O3. The van der Waals surface area contributed by atoms with E-state index in [-0.39, 0.29) is 0 Å². The van der Waals surface area contributed by atoms with Gasteiger partial charge in [-0.3, -0.25) is 4.98 Å². The summed E-state index contributed by atoms with van der Waals surface area (Å²) in [5, 5.41) is 10.2. The van der Waals surface area contributed by atoms with Crippen LogP contribution in [0.4, 0.5) is 6.01 Å². The highest BCUT2D eigenvalue weighted by Gasteiger charge is 2.16. The first-order valence-corrected chi connectivity index (χ1v) is 3.12. The first-order valence-electron chi connectivity index (χ1n) is 3.12. The maximum atomic E-state index is 10.2. The maximum Gasteiger partial charge on any atom is 0.546 e. The molecule has 0 atom stereocenters. The van der Waals surface area contributed by atoms with E-state index in [4.69, 9.17) is 4.42 Å². The van der Waals surface area contributed by atoms with Gasteiger partial charge in [0.15, 0.2) is 5.58 Å². The predicted molar refractivity (Wildman–Crippen MR) is 38.5 cm³/mol. The Bertz CT molecular complexity index is 403. The van der Waals surface area contributed by atoms with E-state index in [0.717, 1.165) is 0 Å². The maximum absolute atomic E-state index is 10.2. The van der Waals surface area contributed by atoms with E-state index in [9.17, 15) is 10.1 Å². The van der Waals surface area contributed by atoms with Gasteiger partial charge in [-0.2, -0.15) is 0 Å². The number of fused-ring (bicyclic) bond motifs is 1. The molecule has 0 saturated heterocycles. The number of aromatic nitrogens is 2. The minimum atomic E-state index is -0.681. The Kier molecular flexibility index (Phi) is 1.26. The highest BCUT2D eigenvalue weighted by atomic mass is 16.7. The zero-order chi connectivity index (χ0) is 8.55. The molecule has 0 radical (unpaired) electrons. The number of hydrogen-bond acceptors (Lipinski definition) is 5. The van der Waals surface area contributed by atoms with Crippen LogP contribution in [0.1, 0.15) is 0 Å². The van der Waals surface area contributed by atoms with Gasteiger partial charge in [0.1, 0.15) is 0 Å². The van der Waals surface area contributed by atoms with Crippen molar-refractivity contribution in [3.8, 4) is 0 Å². The molecule has 60 valence electrons. The molecule has 2 aromatic heterocycles. The lowest BCUT2D eigenvalue weighted by atomic mass is 10.4. The Labute approximate surface area is 66.0 Å². The lowest BCUT2D eigenvalue weighted by Gasteiger charge is -1.80. The van der Waals surface area contributed by atoms with E-state index < -0.39 is 10.9 Å². The van der Waals surface area contributed by atoms with Crippen molar-refractivity contribution in [1.29, 1.82) is 0 Å². The van der Waals surface area contributed by atoms with Crippen LogP contribution in [0, 0.1) is 10.1 Å². The molecule has 0 spiro atoms. The van der Waals surface area contributed by atoms with Crippen molar-refractivity contribution in [2.45, 2.75) is 0 Å². The highest BCUT2D eigenvalue weighted by Crippen LogP contribution is 2.18. The standard InChI is InChI=1S/C6H3N3O3/c10-9(11)6-8-4-3-7-2-1-5(4)12-6/h1-3H. The van der Waals surface area contributed by atoms with E-state index >= 15 is 0 Å². The average Bonchev–Trinajstić information content (AvgIpc) is 2.46. The first-order chi connectivity index (χ1) is 5.77. The summed E-state index contributed by atoms with van der Waals surface area (Å²) in [5.41, 5.74) is 0.765. The molecule has 6 nitrogen and oxygen atoms in total. The third-order valence-electron chi connectivity index (χ3n) is 1.33. The molecule has 0 aromatic carbocycles. The summed E-state index contributed by atoms with van der Waals surface area (Å²) in [7, 11) is 0. The number of oxazole rings is 1. The summed E-state index contributed by atoms with van der Waals surface area (Å²) in [6.45, 7) is 0. The van der Waals surface area contributed by atoms with Gasteiger partial charge in [0, 0.05) is 22.2 Å². The second kappa shape index (κ2) is 2.26. The van der Waals surface area contributed by atoms with Crippen LogP contribution in [0.3, 0.4) is 0 Å². The average molecular weight is 165 g/mol. The number of rotatable bonds is 1. The molecule has 6 heteroatoms. The largest absolute Gasteiger partial charge is 0.546 e. The molecule has 0 saturated carbocycles. The Morgan fingerprint density at radius 3 is 3.08 bits per heavy atom. The Hall–Kier alpha value is -1.98. The summed E-state index contributed by atoms with van der Waals surface area (Å²) in [5.74, 6) is 0. The Morgan fingerprint density at radius 1 is 1.58 bits per heavy atom. The van der Waals surface area contributed by atoms with Crippen LogP contribution in [0.2, 0.25) is 0 Å². The Morgan fingerprint density at radius 2 is 2.42 bits per heavy atom. The fourth-order valence-corrected chi connectivity index (χ4v) is 0.846. The highest BCUT2D eigenvalue weighted by molar-refractivity contribution is 5.71. The second-order valence-electron chi connectivity index (χ2n) is 2.10. The monoisotopic (exact) mass is 165 g/mol. The van der Waals surface area contributed by atoms with Gasteiger partial charge in [0.2, 0.25) is 5.52 Å². The Balaban J connectivity index is 2.70. The zero-order valence-corrected chi connectivity index (χ0v) is 5.80. The van der Waals surface area contributed by atoms with Crippen molar-refractivity contribution in [2.75, 3.05) is 0 Å². The molecule has 0 aliphatic carbocycles. The van der Waals surface area contributed by atoms with Gasteiger partial charge in [-0.15, -0.1) is 0 Å². The fourth-order valence-electron chi connectivity index (χ4n) is 0.846. The summed E-state index contributed by atoms with van der Waals surface area (Å²) in [4.78, 5) is 16.8. The number of pyridine rings is 1. The summed E-state index contributed by atoms with van der Waals surface area (Å²) >= 11 is 0. The molecule has 0 aliphatic heterocycles. The van der Waals surface area contributed by atoms with Crippen molar-refractivity contribution < 1.29 is 9.34 Å². The second-order valence-corrected chi connectivity index (χ2v) is 2.10. The lowest BCUT2D eigenvalue weighted by Crippen LogP contribution is -1.85. The predicted octanol–water partition coefficient (Wildman–Crippen LogP) is 1.13. The normalized spacial score (nSPS) is 10.3. The van der Waals surface area contributed by atoms with Crippen molar-refractivity contribution in [3.05, 3.63) is 28.6 Å². The van der Waals surface area contributed by atoms with Crippen LogP contribution in [0.5, 0.6) is 0 Å². The van der Waals surface area contributed by atoms with E-state index in [1.807, 2.05) is 0 Å². The van der Waals surface area contributed by atoms with E-state index in [1.54, 1.807) is 0 Å². The van der Waals surface area contributed by atoms with E-state index in [0.29, 0.717) is 11.1 Å². The van der Waals surface area contributed by atoms with Crippen molar-refractivity contribution in [1.82, 2.24) is 9.97 Å². The van der Waals surface area contributed by atoms with Crippen LogP contribution < -0.4 is 0 Å². The molecule has 2 rings (SSSR count). The molecule has 0 N–H and O–H groups in total. The number of hydrogen-bond donors (Lipinski definition) is 0. The van der Waals surface area contributed by atoms with Gasteiger partial charge in [-0.1, -0.05) is 0 Å².